The van der Waals surface area contributed by atoms with E-state index in [0.717, 1.165) is 38.5 Å². The van der Waals surface area contributed by atoms with Gasteiger partial charge in [0.25, 0.3) is 0 Å². The van der Waals surface area contributed by atoms with Crippen molar-refractivity contribution >= 4 is 5.91 Å². The van der Waals surface area contributed by atoms with Crippen molar-refractivity contribution in [3.8, 4) is 0 Å². The lowest BCUT2D eigenvalue weighted by Gasteiger charge is -2.30. The van der Waals surface area contributed by atoms with E-state index in [1.807, 2.05) is 0 Å². The van der Waals surface area contributed by atoms with Gasteiger partial charge in [0.15, 0.2) is 11.6 Å². The average molecular weight is 322 g/mol. The van der Waals surface area contributed by atoms with E-state index in [0.29, 0.717) is 0 Å². The van der Waals surface area contributed by atoms with E-state index in [-0.39, 0.29) is 17.0 Å². The van der Waals surface area contributed by atoms with E-state index in [1.54, 1.807) is 13.8 Å². The molecule has 1 saturated carbocycles. The van der Waals surface area contributed by atoms with Crippen LogP contribution in [0.15, 0.2) is 18.2 Å². The van der Waals surface area contributed by atoms with Gasteiger partial charge in [0.2, 0.25) is 5.91 Å². The number of hydrogen-bond acceptors (Lipinski definition) is 2. The van der Waals surface area contributed by atoms with Crippen molar-refractivity contribution in [3.05, 3.63) is 35.4 Å². The van der Waals surface area contributed by atoms with Crippen molar-refractivity contribution in [1.82, 2.24) is 10.2 Å². The number of amides is 1. The highest BCUT2D eigenvalue weighted by molar-refractivity contribution is 5.88. The number of likely N-dealkylation sites (tertiary alicyclic amines) is 1. The van der Waals surface area contributed by atoms with E-state index in [1.165, 1.54) is 25.0 Å². The molecule has 1 aliphatic carbocycles. The summed E-state index contributed by atoms with van der Waals surface area (Å²) >= 11 is 0. The van der Waals surface area contributed by atoms with Gasteiger partial charge in [-0.1, -0.05) is 12.1 Å². The molecule has 126 valence electrons. The van der Waals surface area contributed by atoms with Crippen LogP contribution in [0.3, 0.4) is 0 Å². The molecule has 1 N–H and O–H groups in total. The molecule has 1 heterocycles. The van der Waals surface area contributed by atoms with Crippen molar-refractivity contribution in [1.29, 1.82) is 0 Å². The standard InChI is InChI=1S/C18H24F2N2O/c1-17(2,13-6-5-7-14(19)15(13)20)16(23)21-18(8-9-18)12-22-10-3-4-11-22/h5-7H,3-4,8-12H2,1-2H3,(H,21,23). The van der Waals surface area contributed by atoms with Gasteiger partial charge in [-0.15, -0.1) is 0 Å². The molecule has 0 radical (unpaired) electrons. The highest BCUT2D eigenvalue weighted by Crippen LogP contribution is 2.38. The van der Waals surface area contributed by atoms with Gasteiger partial charge in [-0.05, 0) is 58.7 Å². The number of nitrogens with one attached hydrogen (secondary N) is 1. The minimum atomic E-state index is -1.10. The maximum atomic E-state index is 14.1. The molecular formula is C18H24F2N2O. The molecule has 0 aromatic heterocycles. The maximum Gasteiger partial charge on any atom is 0.230 e. The second-order valence-electron chi connectivity index (χ2n) is 7.44. The average Bonchev–Trinajstić information content (AvgIpc) is 3.04. The van der Waals surface area contributed by atoms with Crippen LogP contribution in [0.25, 0.3) is 0 Å². The lowest BCUT2D eigenvalue weighted by Crippen LogP contribution is -2.51. The molecule has 0 spiro atoms. The van der Waals surface area contributed by atoms with Crippen molar-refractivity contribution in [3.63, 3.8) is 0 Å². The summed E-state index contributed by atoms with van der Waals surface area (Å²) in [6.45, 7) is 6.32. The molecule has 0 unspecified atom stereocenters. The van der Waals surface area contributed by atoms with Crippen LogP contribution in [-0.2, 0) is 10.2 Å². The predicted molar refractivity (Wildman–Crippen MR) is 85.2 cm³/mol. The highest BCUT2D eigenvalue weighted by Gasteiger charge is 2.48. The molecular weight excluding hydrogens is 298 g/mol. The summed E-state index contributed by atoms with van der Waals surface area (Å²) in [4.78, 5) is 15.1. The maximum absolute atomic E-state index is 14.1. The molecule has 1 aromatic rings. The fourth-order valence-corrected chi connectivity index (χ4v) is 3.35. The van der Waals surface area contributed by atoms with Crippen LogP contribution in [-0.4, -0.2) is 36.0 Å². The Labute approximate surface area is 136 Å². The number of carbonyl (C=O) groups is 1. The molecule has 2 aliphatic rings. The third-order valence-corrected chi connectivity index (χ3v) is 5.15. The van der Waals surface area contributed by atoms with Gasteiger partial charge in [0.05, 0.1) is 11.0 Å². The molecule has 0 atom stereocenters. The number of halogens is 2. The number of carbonyl (C=O) groups excluding carboxylic acids is 1. The molecule has 1 amide bonds. The first-order chi connectivity index (χ1) is 10.8. The smallest absolute Gasteiger partial charge is 0.230 e. The van der Waals surface area contributed by atoms with Crippen LogP contribution in [0.4, 0.5) is 8.78 Å². The molecule has 1 aliphatic heterocycles. The van der Waals surface area contributed by atoms with Gasteiger partial charge < -0.3 is 10.2 Å². The van der Waals surface area contributed by atoms with E-state index in [9.17, 15) is 13.6 Å². The second kappa shape index (κ2) is 5.86. The number of rotatable bonds is 5. The summed E-state index contributed by atoms with van der Waals surface area (Å²) in [5.74, 6) is -2.09. The molecule has 3 rings (SSSR count). The molecule has 1 saturated heterocycles. The van der Waals surface area contributed by atoms with Crippen LogP contribution < -0.4 is 5.32 Å². The van der Waals surface area contributed by atoms with Gasteiger partial charge in [0.1, 0.15) is 0 Å². The highest BCUT2D eigenvalue weighted by atomic mass is 19.2. The van der Waals surface area contributed by atoms with Gasteiger partial charge in [-0.25, -0.2) is 8.78 Å². The number of nitrogens with zero attached hydrogens (tertiary/aromatic N) is 1. The van der Waals surface area contributed by atoms with Crippen molar-refractivity contribution in [2.75, 3.05) is 19.6 Å². The Morgan fingerprint density at radius 1 is 1.26 bits per heavy atom. The fraction of sp³-hybridized carbons (Fsp3) is 0.611. The van der Waals surface area contributed by atoms with E-state index < -0.39 is 17.0 Å². The molecule has 23 heavy (non-hydrogen) atoms. The summed E-state index contributed by atoms with van der Waals surface area (Å²) in [6, 6.07) is 4.00. The zero-order valence-corrected chi connectivity index (χ0v) is 13.8. The first-order valence-corrected chi connectivity index (χ1v) is 8.34. The normalized spacial score (nSPS) is 20.5. The van der Waals surface area contributed by atoms with Crippen molar-refractivity contribution in [2.45, 2.75) is 50.5 Å². The molecule has 5 heteroatoms. The third-order valence-electron chi connectivity index (χ3n) is 5.15. The predicted octanol–water partition coefficient (Wildman–Crippen LogP) is 2.99. The van der Waals surface area contributed by atoms with Crippen LogP contribution in [0.1, 0.15) is 45.1 Å². The number of hydrogen-bond donors (Lipinski definition) is 1. The zero-order chi connectivity index (χ0) is 16.7. The molecule has 3 nitrogen and oxygen atoms in total. The summed E-state index contributed by atoms with van der Waals surface area (Å²) in [7, 11) is 0. The Morgan fingerprint density at radius 3 is 2.52 bits per heavy atom. The zero-order valence-electron chi connectivity index (χ0n) is 13.8. The summed E-state index contributed by atoms with van der Waals surface area (Å²) in [5, 5.41) is 3.11. The first-order valence-electron chi connectivity index (χ1n) is 8.34. The topological polar surface area (TPSA) is 32.3 Å². The van der Waals surface area contributed by atoms with E-state index in [2.05, 4.69) is 10.2 Å². The van der Waals surface area contributed by atoms with E-state index in [4.69, 9.17) is 0 Å². The Balaban J connectivity index is 1.72. The summed E-state index contributed by atoms with van der Waals surface area (Å²) in [6.07, 6.45) is 4.34. The minimum absolute atomic E-state index is 0.104. The molecule has 2 fully saturated rings. The van der Waals surface area contributed by atoms with Crippen molar-refractivity contribution < 1.29 is 13.6 Å². The Bertz CT molecular complexity index is 605. The Kier molecular flexibility index (Phi) is 4.17. The lowest BCUT2D eigenvalue weighted by molar-refractivity contribution is -0.126. The summed E-state index contributed by atoms with van der Waals surface area (Å²) < 4.78 is 27.6. The van der Waals surface area contributed by atoms with Gasteiger partial charge in [-0.3, -0.25) is 4.79 Å². The van der Waals surface area contributed by atoms with Gasteiger partial charge in [0, 0.05) is 12.1 Å². The fourth-order valence-electron chi connectivity index (χ4n) is 3.35. The molecule has 1 aromatic carbocycles. The van der Waals surface area contributed by atoms with Crippen LogP contribution in [0, 0.1) is 11.6 Å². The van der Waals surface area contributed by atoms with Crippen LogP contribution >= 0.6 is 0 Å². The first kappa shape index (κ1) is 16.4. The largest absolute Gasteiger partial charge is 0.349 e. The van der Waals surface area contributed by atoms with Crippen molar-refractivity contribution in [2.24, 2.45) is 0 Å². The number of benzene rings is 1. The summed E-state index contributed by atoms with van der Waals surface area (Å²) in [5.41, 5.74) is -1.18. The molecule has 0 bridgehead atoms. The van der Waals surface area contributed by atoms with E-state index >= 15 is 0 Å². The Morgan fingerprint density at radius 2 is 1.91 bits per heavy atom. The van der Waals surface area contributed by atoms with Crippen LogP contribution in [0.5, 0.6) is 0 Å². The third kappa shape index (κ3) is 3.25. The lowest BCUT2D eigenvalue weighted by atomic mass is 9.83. The van der Waals surface area contributed by atoms with Gasteiger partial charge in [-0.2, -0.15) is 0 Å². The quantitative estimate of drug-likeness (QED) is 0.904. The monoisotopic (exact) mass is 322 g/mol. The SMILES string of the molecule is CC(C)(C(=O)NC1(CN2CCCC2)CC1)c1cccc(F)c1F. The second-order valence-corrected chi connectivity index (χ2v) is 7.44. The minimum Gasteiger partial charge on any atom is -0.349 e. The van der Waals surface area contributed by atoms with Gasteiger partial charge >= 0.3 is 0 Å². The Hall–Kier alpha value is -1.49. The van der Waals surface area contributed by atoms with Crippen LogP contribution in [0.2, 0.25) is 0 Å².